The number of rotatable bonds is 5. The lowest BCUT2D eigenvalue weighted by Gasteiger charge is -2.28. The van der Waals surface area contributed by atoms with E-state index in [0.29, 0.717) is 12.1 Å². The Hall–Kier alpha value is -0.610. The van der Waals surface area contributed by atoms with E-state index >= 15 is 0 Å². The molecule has 2 rings (SSSR count). The molecule has 4 heteroatoms. The summed E-state index contributed by atoms with van der Waals surface area (Å²) < 4.78 is 5.12. The Morgan fingerprint density at radius 2 is 2.25 bits per heavy atom. The molecule has 2 aliphatic rings. The molecule has 1 saturated heterocycles. The van der Waals surface area contributed by atoms with Crippen molar-refractivity contribution < 1.29 is 9.53 Å². The van der Waals surface area contributed by atoms with E-state index in [2.05, 4.69) is 5.32 Å². The summed E-state index contributed by atoms with van der Waals surface area (Å²) in [7, 11) is 1.60. The summed E-state index contributed by atoms with van der Waals surface area (Å²) in [6.45, 7) is 3.79. The second kappa shape index (κ2) is 5.15. The van der Waals surface area contributed by atoms with Gasteiger partial charge < -0.3 is 15.0 Å². The lowest BCUT2D eigenvalue weighted by molar-refractivity contribution is -0.141. The van der Waals surface area contributed by atoms with Crippen molar-refractivity contribution in [2.75, 3.05) is 20.2 Å². The van der Waals surface area contributed by atoms with Crippen molar-refractivity contribution in [1.82, 2.24) is 10.2 Å². The van der Waals surface area contributed by atoms with Gasteiger partial charge in [0.05, 0.1) is 0 Å². The molecular formula is C12H22N2O2. The predicted octanol–water partition coefficient (Wildman–Crippen LogP) is 0.764. The molecule has 0 aromatic heterocycles. The summed E-state index contributed by atoms with van der Waals surface area (Å²) in [5, 5.41) is 3.45. The lowest BCUT2D eigenvalue weighted by atomic mass is 10.2. The van der Waals surface area contributed by atoms with E-state index in [1.165, 1.54) is 12.8 Å². The zero-order valence-corrected chi connectivity index (χ0v) is 10.2. The molecular weight excluding hydrogens is 204 g/mol. The van der Waals surface area contributed by atoms with Crippen LogP contribution in [0.25, 0.3) is 0 Å². The number of nitrogens with zero attached hydrogens (tertiary/aromatic N) is 1. The molecule has 0 radical (unpaired) electrons. The highest BCUT2D eigenvalue weighted by Crippen LogP contribution is 2.28. The summed E-state index contributed by atoms with van der Waals surface area (Å²) in [5.41, 5.74) is 0. The molecule has 1 aliphatic carbocycles. The standard InChI is InChI=1S/C12H22N2O2/c1-9(16-2)12(15)14(11-5-6-11)8-10-4-3-7-13-10/h9-11,13H,3-8H2,1-2H3/t9-,10-/m1/s1. The minimum absolute atomic E-state index is 0.152. The number of carbonyl (C=O) groups excluding carboxylic acids is 1. The Morgan fingerprint density at radius 3 is 2.75 bits per heavy atom. The Labute approximate surface area is 97.3 Å². The van der Waals surface area contributed by atoms with Gasteiger partial charge in [0, 0.05) is 25.7 Å². The summed E-state index contributed by atoms with van der Waals surface area (Å²) in [4.78, 5) is 14.1. The van der Waals surface area contributed by atoms with Crippen molar-refractivity contribution in [3.05, 3.63) is 0 Å². The van der Waals surface area contributed by atoms with Crippen LogP contribution in [0, 0.1) is 0 Å². The summed E-state index contributed by atoms with van der Waals surface area (Å²) in [6.07, 6.45) is 4.45. The summed E-state index contributed by atoms with van der Waals surface area (Å²) in [5.74, 6) is 0.152. The molecule has 0 aromatic carbocycles. The highest BCUT2D eigenvalue weighted by Gasteiger charge is 2.36. The second-order valence-electron chi connectivity index (χ2n) is 4.89. The van der Waals surface area contributed by atoms with Gasteiger partial charge in [0.1, 0.15) is 6.10 Å². The van der Waals surface area contributed by atoms with Gasteiger partial charge in [0.15, 0.2) is 0 Å². The maximum atomic E-state index is 12.1. The molecule has 0 aromatic rings. The average Bonchev–Trinajstić information content (AvgIpc) is 3.01. The maximum absolute atomic E-state index is 12.1. The molecule has 1 aliphatic heterocycles. The maximum Gasteiger partial charge on any atom is 0.251 e. The number of hydrogen-bond acceptors (Lipinski definition) is 3. The topological polar surface area (TPSA) is 41.6 Å². The Kier molecular flexibility index (Phi) is 3.82. The number of amides is 1. The number of methoxy groups -OCH3 is 1. The van der Waals surface area contributed by atoms with Crippen LogP contribution in [-0.4, -0.2) is 49.2 Å². The molecule has 16 heavy (non-hydrogen) atoms. The van der Waals surface area contributed by atoms with E-state index in [1.54, 1.807) is 7.11 Å². The van der Waals surface area contributed by atoms with Crippen LogP contribution in [0.2, 0.25) is 0 Å². The smallest absolute Gasteiger partial charge is 0.251 e. The fourth-order valence-electron chi connectivity index (χ4n) is 2.29. The molecule has 2 atom stereocenters. The third-order valence-corrected chi connectivity index (χ3v) is 3.55. The van der Waals surface area contributed by atoms with Gasteiger partial charge in [-0.15, -0.1) is 0 Å². The number of nitrogens with one attached hydrogen (secondary N) is 1. The molecule has 0 unspecified atom stereocenters. The number of ether oxygens (including phenoxy) is 1. The summed E-state index contributed by atoms with van der Waals surface area (Å²) in [6, 6.07) is 0.973. The Bertz CT molecular complexity index is 247. The normalized spacial score (nSPS) is 26.8. The fraction of sp³-hybridized carbons (Fsp3) is 0.917. The molecule has 1 amide bonds. The van der Waals surface area contributed by atoms with E-state index < -0.39 is 0 Å². The van der Waals surface area contributed by atoms with Gasteiger partial charge in [-0.25, -0.2) is 0 Å². The van der Waals surface area contributed by atoms with Gasteiger partial charge in [-0.1, -0.05) is 0 Å². The third kappa shape index (κ3) is 2.74. The van der Waals surface area contributed by atoms with E-state index in [9.17, 15) is 4.79 Å². The molecule has 2 fully saturated rings. The zero-order chi connectivity index (χ0) is 11.5. The highest BCUT2D eigenvalue weighted by molar-refractivity contribution is 5.81. The molecule has 1 heterocycles. The van der Waals surface area contributed by atoms with Crippen molar-refractivity contribution in [2.45, 2.75) is 50.8 Å². The third-order valence-electron chi connectivity index (χ3n) is 3.55. The van der Waals surface area contributed by atoms with Crippen molar-refractivity contribution in [2.24, 2.45) is 0 Å². The zero-order valence-electron chi connectivity index (χ0n) is 10.2. The predicted molar refractivity (Wildman–Crippen MR) is 62.2 cm³/mol. The van der Waals surface area contributed by atoms with E-state index in [1.807, 2.05) is 11.8 Å². The molecule has 4 nitrogen and oxygen atoms in total. The first-order valence-corrected chi connectivity index (χ1v) is 6.29. The Morgan fingerprint density at radius 1 is 1.50 bits per heavy atom. The minimum Gasteiger partial charge on any atom is -0.372 e. The van der Waals surface area contributed by atoms with E-state index in [4.69, 9.17) is 4.74 Å². The minimum atomic E-state index is -0.304. The van der Waals surface area contributed by atoms with Crippen LogP contribution >= 0.6 is 0 Å². The average molecular weight is 226 g/mol. The van der Waals surface area contributed by atoms with Gasteiger partial charge in [0.25, 0.3) is 5.91 Å². The van der Waals surface area contributed by atoms with Crippen LogP contribution in [0.1, 0.15) is 32.6 Å². The molecule has 92 valence electrons. The van der Waals surface area contributed by atoms with Crippen LogP contribution in [0.5, 0.6) is 0 Å². The largest absolute Gasteiger partial charge is 0.372 e. The molecule has 1 saturated carbocycles. The van der Waals surface area contributed by atoms with Gasteiger partial charge in [-0.2, -0.15) is 0 Å². The first kappa shape index (κ1) is 11.9. The SMILES string of the molecule is CO[C@H](C)C(=O)N(C[C@H]1CCCN1)C1CC1. The van der Waals surface area contributed by atoms with Crippen LogP contribution < -0.4 is 5.32 Å². The van der Waals surface area contributed by atoms with Crippen molar-refractivity contribution in [1.29, 1.82) is 0 Å². The monoisotopic (exact) mass is 226 g/mol. The Balaban J connectivity index is 1.91. The number of hydrogen-bond donors (Lipinski definition) is 1. The van der Waals surface area contributed by atoms with Crippen LogP contribution in [0.15, 0.2) is 0 Å². The fourth-order valence-corrected chi connectivity index (χ4v) is 2.29. The molecule has 1 N–H and O–H groups in total. The quantitative estimate of drug-likeness (QED) is 0.752. The van der Waals surface area contributed by atoms with Crippen LogP contribution in [0.3, 0.4) is 0 Å². The van der Waals surface area contributed by atoms with Crippen LogP contribution in [0.4, 0.5) is 0 Å². The molecule has 0 bridgehead atoms. The number of carbonyl (C=O) groups is 1. The van der Waals surface area contributed by atoms with Gasteiger partial charge in [-0.05, 0) is 39.2 Å². The van der Waals surface area contributed by atoms with Crippen molar-refractivity contribution in [3.63, 3.8) is 0 Å². The van der Waals surface area contributed by atoms with Crippen molar-refractivity contribution in [3.8, 4) is 0 Å². The summed E-state index contributed by atoms with van der Waals surface area (Å²) >= 11 is 0. The lowest BCUT2D eigenvalue weighted by Crippen LogP contribution is -2.46. The second-order valence-corrected chi connectivity index (χ2v) is 4.89. The van der Waals surface area contributed by atoms with E-state index in [0.717, 1.165) is 25.9 Å². The van der Waals surface area contributed by atoms with Gasteiger partial charge >= 0.3 is 0 Å². The van der Waals surface area contributed by atoms with Gasteiger partial charge in [0.2, 0.25) is 0 Å². The van der Waals surface area contributed by atoms with Crippen molar-refractivity contribution >= 4 is 5.91 Å². The van der Waals surface area contributed by atoms with Gasteiger partial charge in [-0.3, -0.25) is 4.79 Å². The highest BCUT2D eigenvalue weighted by atomic mass is 16.5. The first-order valence-electron chi connectivity index (χ1n) is 6.29. The van der Waals surface area contributed by atoms with Crippen LogP contribution in [-0.2, 0) is 9.53 Å². The molecule has 0 spiro atoms. The first-order chi connectivity index (χ1) is 7.72. The van der Waals surface area contributed by atoms with E-state index in [-0.39, 0.29) is 12.0 Å².